The maximum absolute atomic E-state index is 11.9. The Labute approximate surface area is 112 Å². The Morgan fingerprint density at radius 1 is 1.47 bits per heavy atom. The number of fused-ring (bicyclic) bond motifs is 5. The van der Waals surface area contributed by atoms with Crippen LogP contribution in [0.15, 0.2) is 0 Å². The molecular weight excluding hydrogens is 248 g/mol. The average molecular weight is 268 g/mol. The molecule has 1 saturated carbocycles. The maximum Gasteiger partial charge on any atom is 0.208 e. The third-order valence-corrected chi connectivity index (χ3v) is 4.83. The van der Waals surface area contributed by atoms with Crippen molar-refractivity contribution >= 4 is 12.1 Å². The monoisotopic (exact) mass is 268 g/mol. The summed E-state index contributed by atoms with van der Waals surface area (Å²) in [5.41, 5.74) is 0. The molecular formula is C14H20O5. The minimum atomic E-state index is -0.806. The van der Waals surface area contributed by atoms with Gasteiger partial charge in [0.05, 0.1) is 0 Å². The molecule has 2 aliphatic heterocycles. The number of aldehydes is 1. The minimum Gasteiger partial charge on any atom is -0.314 e. The van der Waals surface area contributed by atoms with E-state index in [2.05, 4.69) is 6.92 Å². The number of carbonyl (C=O) groups is 2. The third-order valence-electron chi connectivity index (χ3n) is 4.83. The van der Waals surface area contributed by atoms with Crippen molar-refractivity contribution in [2.24, 2.45) is 23.7 Å². The molecule has 0 radical (unpaired) electrons. The van der Waals surface area contributed by atoms with E-state index in [-0.39, 0.29) is 29.5 Å². The van der Waals surface area contributed by atoms with Crippen molar-refractivity contribution in [1.29, 1.82) is 0 Å². The van der Waals surface area contributed by atoms with Crippen LogP contribution in [-0.2, 0) is 24.1 Å². The van der Waals surface area contributed by atoms with Gasteiger partial charge in [-0.3, -0.25) is 4.79 Å². The molecule has 106 valence electrons. The zero-order chi connectivity index (χ0) is 13.6. The number of ketones is 1. The molecule has 0 aromatic heterocycles. The predicted molar refractivity (Wildman–Crippen MR) is 64.6 cm³/mol. The Kier molecular flexibility index (Phi) is 3.23. The summed E-state index contributed by atoms with van der Waals surface area (Å²) < 4.78 is 5.89. The van der Waals surface area contributed by atoms with E-state index in [1.54, 1.807) is 6.92 Å². The fourth-order valence-electron chi connectivity index (χ4n) is 4.06. The van der Waals surface area contributed by atoms with Crippen molar-refractivity contribution in [2.75, 3.05) is 0 Å². The van der Waals surface area contributed by atoms with Gasteiger partial charge in [0.1, 0.15) is 12.1 Å². The van der Waals surface area contributed by atoms with Gasteiger partial charge >= 0.3 is 0 Å². The predicted octanol–water partition coefficient (Wildman–Crippen LogP) is 1.85. The summed E-state index contributed by atoms with van der Waals surface area (Å²) in [5.74, 6) is -1.18. The smallest absolute Gasteiger partial charge is 0.208 e. The van der Waals surface area contributed by atoms with E-state index < -0.39 is 12.1 Å². The van der Waals surface area contributed by atoms with Gasteiger partial charge in [-0.05, 0) is 19.8 Å². The number of ether oxygens (including phenoxy) is 1. The van der Waals surface area contributed by atoms with Crippen LogP contribution in [0.2, 0.25) is 0 Å². The fourth-order valence-corrected chi connectivity index (χ4v) is 4.06. The summed E-state index contributed by atoms with van der Waals surface area (Å²) in [4.78, 5) is 33.8. The quantitative estimate of drug-likeness (QED) is 0.562. The highest BCUT2D eigenvalue weighted by atomic mass is 17.3. The van der Waals surface area contributed by atoms with Gasteiger partial charge < -0.3 is 9.53 Å². The van der Waals surface area contributed by atoms with Gasteiger partial charge in [-0.1, -0.05) is 13.3 Å². The highest BCUT2D eigenvalue weighted by Crippen LogP contribution is 2.60. The van der Waals surface area contributed by atoms with E-state index >= 15 is 0 Å². The summed E-state index contributed by atoms with van der Waals surface area (Å²) in [6.45, 7) is 3.66. The van der Waals surface area contributed by atoms with Gasteiger partial charge in [-0.15, -0.1) is 0 Å². The molecule has 2 heterocycles. The first-order valence-electron chi connectivity index (χ1n) is 7.11. The Balaban J connectivity index is 1.91. The summed E-state index contributed by atoms with van der Waals surface area (Å²) in [5, 5.41) is 0. The molecule has 0 unspecified atom stereocenters. The number of Topliss-reactive ketones (excluding diaryl/α,β-unsaturated/α-hetero) is 1. The maximum atomic E-state index is 11.9. The SMILES string of the molecule is CCCC[C@@]12OO[C@@H](O1)[C@@H]1C[C@H](C=O)[C@H](C(C)=O)[C@@H]12. The summed E-state index contributed by atoms with van der Waals surface area (Å²) in [6, 6.07) is 0. The first kappa shape index (κ1) is 13.2. The topological polar surface area (TPSA) is 61.8 Å². The largest absolute Gasteiger partial charge is 0.314 e. The van der Waals surface area contributed by atoms with Gasteiger partial charge in [0, 0.05) is 30.1 Å². The first-order valence-corrected chi connectivity index (χ1v) is 7.11. The number of hydrogen-bond acceptors (Lipinski definition) is 5. The Morgan fingerprint density at radius 2 is 2.26 bits per heavy atom. The number of rotatable bonds is 5. The van der Waals surface area contributed by atoms with Crippen LogP contribution in [0.1, 0.15) is 39.5 Å². The highest BCUT2D eigenvalue weighted by molar-refractivity contribution is 5.82. The summed E-state index contributed by atoms with van der Waals surface area (Å²) in [7, 11) is 0. The van der Waals surface area contributed by atoms with Crippen molar-refractivity contribution in [2.45, 2.75) is 51.6 Å². The first-order chi connectivity index (χ1) is 9.13. The summed E-state index contributed by atoms with van der Waals surface area (Å²) >= 11 is 0. The van der Waals surface area contributed by atoms with Crippen LogP contribution in [0.3, 0.4) is 0 Å². The van der Waals surface area contributed by atoms with Crippen LogP contribution in [-0.4, -0.2) is 24.1 Å². The molecule has 6 atom stereocenters. The molecule has 0 N–H and O–H groups in total. The van der Waals surface area contributed by atoms with Crippen molar-refractivity contribution in [3.8, 4) is 0 Å². The van der Waals surface area contributed by atoms with Gasteiger partial charge in [-0.2, -0.15) is 4.89 Å². The van der Waals surface area contributed by atoms with E-state index in [1.165, 1.54) is 0 Å². The normalized spacial score (nSPS) is 47.4. The van der Waals surface area contributed by atoms with E-state index in [1.807, 2.05) is 0 Å². The number of unbranched alkanes of at least 4 members (excludes halogenated alkanes) is 1. The van der Waals surface area contributed by atoms with Crippen molar-refractivity contribution in [3.63, 3.8) is 0 Å². The van der Waals surface area contributed by atoms with Crippen LogP contribution in [0, 0.1) is 23.7 Å². The second-order valence-corrected chi connectivity index (χ2v) is 5.94. The van der Waals surface area contributed by atoms with Crippen LogP contribution >= 0.6 is 0 Å². The molecule has 5 nitrogen and oxygen atoms in total. The molecule has 0 amide bonds. The van der Waals surface area contributed by atoms with E-state index in [0.717, 1.165) is 25.5 Å². The lowest BCUT2D eigenvalue weighted by Gasteiger charge is -2.34. The molecule has 3 rings (SSSR count). The van der Waals surface area contributed by atoms with Crippen LogP contribution in [0.4, 0.5) is 0 Å². The zero-order valence-corrected chi connectivity index (χ0v) is 11.3. The Hall–Kier alpha value is -0.780. The fraction of sp³-hybridized carbons (Fsp3) is 0.857. The second kappa shape index (κ2) is 4.65. The molecule has 2 saturated heterocycles. The molecule has 0 spiro atoms. The Bertz CT molecular complexity index is 395. The molecule has 3 fully saturated rings. The summed E-state index contributed by atoms with van der Waals surface area (Å²) in [6.07, 6.45) is 3.87. The standard InChI is InChI=1S/C14H20O5/c1-3-4-5-14-12-10(13(17-14)18-19-14)6-9(7-15)11(12)8(2)16/h7,9-13H,3-6H2,1-2H3/t9-,10-,11+,12-,13-,14+/m1/s1. The van der Waals surface area contributed by atoms with E-state index in [9.17, 15) is 9.59 Å². The van der Waals surface area contributed by atoms with Crippen molar-refractivity contribution in [1.82, 2.24) is 0 Å². The average Bonchev–Trinajstić information content (AvgIpc) is 3.04. The molecule has 19 heavy (non-hydrogen) atoms. The molecule has 0 aromatic rings. The van der Waals surface area contributed by atoms with Gasteiger partial charge in [-0.25, -0.2) is 4.89 Å². The van der Waals surface area contributed by atoms with Crippen molar-refractivity contribution in [3.05, 3.63) is 0 Å². The lowest BCUT2D eigenvalue weighted by atomic mass is 9.78. The van der Waals surface area contributed by atoms with Gasteiger partial charge in [0.15, 0.2) is 6.29 Å². The Morgan fingerprint density at radius 3 is 2.89 bits per heavy atom. The molecule has 1 aliphatic carbocycles. The molecule has 3 aliphatic rings. The molecule has 5 heteroatoms. The highest BCUT2D eigenvalue weighted by Gasteiger charge is 2.69. The van der Waals surface area contributed by atoms with Crippen LogP contribution in [0.5, 0.6) is 0 Å². The minimum absolute atomic E-state index is 0.0366. The zero-order valence-electron chi connectivity index (χ0n) is 11.3. The van der Waals surface area contributed by atoms with E-state index in [4.69, 9.17) is 14.5 Å². The lowest BCUT2D eigenvalue weighted by Crippen LogP contribution is -2.44. The number of hydrogen-bond donors (Lipinski definition) is 0. The van der Waals surface area contributed by atoms with Crippen molar-refractivity contribution < 1.29 is 24.1 Å². The van der Waals surface area contributed by atoms with Crippen LogP contribution < -0.4 is 0 Å². The third kappa shape index (κ3) is 1.79. The second-order valence-electron chi connectivity index (χ2n) is 5.94. The lowest BCUT2D eigenvalue weighted by molar-refractivity contribution is -0.377. The van der Waals surface area contributed by atoms with Gasteiger partial charge in [0.2, 0.25) is 5.79 Å². The van der Waals surface area contributed by atoms with Gasteiger partial charge in [0.25, 0.3) is 0 Å². The van der Waals surface area contributed by atoms with Crippen LogP contribution in [0.25, 0.3) is 0 Å². The molecule has 2 bridgehead atoms. The molecule has 0 aromatic carbocycles. The van der Waals surface area contributed by atoms with E-state index in [0.29, 0.717) is 6.42 Å². The number of carbonyl (C=O) groups excluding carboxylic acids is 2.